The summed E-state index contributed by atoms with van der Waals surface area (Å²) in [5.74, 6) is -1.15. The van der Waals surface area contributed by atoms with Gasteiger partial charge in [-0.3, -0.25) is 4.79 Å². The molecule has 6 nitrogen and oxygen atoms in total. The molecule has 4 aromatic rings. The highest BCUT2D eigenvalue weighted by Gasteiger charge is 2.29. The third kappa shape index (κ3) is 5.34. The minimum Gasteiger partial charge on any atom is -0.491 e. The van der Waals surface area contributed by atoms with E-state index in [-0.39, 0.29) is 17.3 Å². The zero-order valence-corrected chi connectivity index (χ0v) is 21.8. The third-order valence-electron chi connectivity index (χ3n) is 6.90. The van der Waals surface area contributed by atoms with Crippen LogP contribution >= 0.6 is 0 Å². The highest BCUT2D eigenvalue weighted by Crippen LogP contribution is 2.39. The lowest BCUT2D eigenvalue weighted by atomic mass is 9.90. The van der Waals surface area contributed by atoms with Crippen LogP contribution < -0.4 is 14.5 Å². The molecule has 4 aromatic carbocycles. The Hall–Kier alpha value is -4.65. The molecule has 1 heterocycles. The predicted octanol–water partition coefficient (Wildman–Crippen LogP) is 6.33. The van der Waals surface area contributed by atoms with Gasteiger partial charge in [0.2, 0.25) is 5.91 Å². The summed E-state index contributed by atoms with van der Waals surface area (Å²) in [5, 5.41) is 0. The second-order valence-electron chi connectivity index (χ2n) is 9.31. The number of hydrogen-bond donors (Lipinski definition) is 0. The first-order valence-corrected chi connectivity index (χ1v) is 12.8. The first-order chi connectivity index (χ1) is 19.0. The van der Waals surface area contributed by atoms with Gasteiger partial charge in [-0.1, -0.05) is 60.7 Å². The fraction of sp³-hybridized carbons (Fsp3) is 0.188. The predicted molar refractivity (Wildman–Crippen MR) is 149 cm³/mol. The molecule has 198 valence electrons. The molecule has 0 N–H and O–H groups in total. The maximum Gasteiger partial charge on any atom is 0.340 e. The highest BCUT2D eigenvalue weighted by molar-refractivity contribution is 6.06. The molecule has 0 saturated heterocycles. The van der Waals surface area contributed by atoms with Crippen LogP contribution in [0.1, 0.15) is 33.8 Å². The van der Waals surface area contributed by atoms with Crippen LogP contribution in [-0.2, 0) is 9.53 Å². The highest BCUT2D eigenvalue weighted by atomic mass is 19.1. The number of fused-ring (bicyclic) bond motifs is 1. The fourth-order valence-electron chi connectivity index (χ4n) is 4.96. The Balaban J connectivity index is 1.56. The smallest absolute Gasteiger partial charge is 0.340 e. The van der Waals surface area contributed by atoms with Crippen LogP contribution in [-0.4, -0.2) is 39.2 Å². The van der Waals surface area contributed by atoms with Gasteiger partial charge in [0.25, 0.3) is 0 Å². The molecule has 0 bridgehead atoms. The standard InChI is InChI=1S/C32H29FN2O4/c1-34(31(36)30(22-10-5-3-6-11-22)23-12-7-4-8-13-23)27-16-15-25(21-26(27)32(37)38-2)35-18-9-19-39-29-17-14-24(33)20-28(29)35/h3-8,10-17,20-21,30H,9,18-19H2,1-2H3. The maximum absolute atomic E-state index is 14.2. The van der Waals surface area contributed by atoms with E-state index in [2.05, 4.69) is 0 Å². The molecule has 0 aliphatic carbocycles. The van der Waals surface area contributed by atoms with Crippen molar-refractivity contribution in [1.82, 2.24) is 0 Å². The van der Waals surface area contributed by atoms with E-state index in [1.54, 1.807) is 25.2 Å². The molecule has 0 spiro atoms. The molecule has 0 aromatic heterocycles. The number of hydrogen-bond acceptors (Lipinski definition) is 5. The van der Waals surface area contributed by atoms with Gasteiger partial charge in [-0.15, -0.1) is 0 Å². The van der Waals surface area contributed by atoms with E-state index in [1.165, 1.54) is 24.1 Å². The van der Waals surface area contributed by atoms with Crippen molar-refractivity contribution in [2.75, 3.05) is 37.1 Å². The number of nitrogens with zero attached hydrogens (tertiary/aromatic N) is 2. The molecule has 7 heteroatoms. The van der Waals surface area contributed by atoms with Gasteiger partial charge in [0.05, 0.1) is 36.6 Å². The lowest BCUT2D eigenvalue weighted by Gasteiger charge is -2.28. The molecule has 1 amide bonds. The van der Waals surface area contributed by atoms with Crippen LogP contribution in [0.5, 0.6) is 5.75 Å². The normalized spacial score (nSPS) is 12.8. The largest absolute Gasteiger partial charge is 0.491 e. The lowest BCUT2D eigenvalue weighted by Crippen LogP contribution is -2.33. The van der Waals surface area contributed by atoms with Crippen LogP contribution in [0.15, 0.2) is 97.1 Å². The van der Waals surface area contributed by atoms with Crippen LogP contribution in [0, 0.1) is 5.82 Å². The molecule has 5 rings (SSSR count). The lowest BCUT2D eigenvalue weighted by molar-refractivity contribution is -0.118. The number of ether oxygens (including phenoxy) is 2. The molecule has 0 radical (unpaired) electrons. The van der Waals surface area contributed by atoms with Crippen molar-refractivity contribution in [3.05, 3.63) is 120 Å². The number of carbonyl (C=O) groups is 2. The number of likely N-dealkylation sites (N-methyl/N-ethyl adjacent to an activating group) is 1. The van der Waals surface area contributed by atoms with Crippen molar-refractivity contribution < 1.29 is 23.5 Å². The Kier molecular flexibility index (Phi) is 7.59. The molecule has 1 aliphatic heterocycles. The minimum atomic E-state index is -0.576. The Bertz CT molecular complexity index is 1440. The van der Waals surface area contributed by atoms with Gasteiger partial charge < -0.3 is 19.3 Å². The molecule has 0 unspecified atom stereocenters. The summed E-state index contributed by atoms with van der Waals surface area (Å²) in [5.41, 5.74) is 3.58. The van der Waals surface area contributed by atoms with Gasteiger partial charge in [-0.05, 0) is 47.9 Å². The fourth-order valence-corrected chi connectivity index (χ4v) is 4.96. The van der Waals surface area contributed by atoms with E-state index in [4.69, 9.17) is 9.47 Å². The number of rotatable bonds is 6. The van der Waals surface area contributed by atoms with E-state index in [1.807, 2.05) is 71.6 Å². The van der Waals surface area contributed by atoms with E-state index in [0.717, 1.165) is 11.1 Å². The van der Waals surface area contributed by atoms with Crippen molar-refractivity contribution >= 4 is 28.9 Å². The zero-order valence-electron chi connectivity index (χ0n) is 21.8. The molecule has 39 heavy (non-hydrogen) atoms. The van der Waals surface area contributed by atoms with Crippen molar-refractivity contribution in [3.63, 3.8) is 0 Å². The topological polar surface area (TPSA) is 59.1 Å². The minimum absolute atomic E-state index is 0.194. The molecule has 1 aliphatic rings. The Morgan fingerprint density at radius 2 is 1.59 bits per heavy atom. The summed E-state index contributed by atoms with van der Waals surface area (Å²) >= 11 is 0. The maximum atomic E-state index is 14.2. The average molecular weight is 525 g/mol. The van der Waals surface area contributed by atoms with Gasteiger partial charge in [0, 0.05) is 25.3 Å². The Morgan fingerprint density at radius 1 is 0.923 bits per heavy atom. The molecule has 0 saturated carbocycles. The number of methoxy groups -OCH3 is 1. The summed E-state index contributed by atoms with van der Waals surface area (Å²) < 4.78 is 25.1. The van der Waals surface area contributed by atoms with E-state index >= 15 is 0 Å². The van der Waals surface area contributed by atoms with Gasteiger partial charge in [-0.2, -0.15) is 0 Å². The van der Waals surface area contributed by atoms with Crippen molar-refractivity contribution in [2.24, 2.45) is 0 Å². The van der Waals surface area contributed by atoms with Gasteiger partial charge in [0.15, 0.2) is 0 Å². The average Bonchev–Trinajstić information content (AvgIpc) is 3.19. The molecular weight excluding hydrogens is 495 g/mol. The van der Waals surface area contributed by atoms with Crippen molar-refractivity contribution in [2.45, 2.75) is 12.3 Å². The first-order valence-electron chi connectivity index (χ1n) is 12.8. The number of amides is 1. The SMILES string of the molecule is COC(=O)c1cc(N2CCCOc3ccc(F)cc32)ccc1N(C)C(=O)C(c1ccccc1)c1ccccc1. The molecule has 0 fully saturated rings. The van der Waals surface area contributed by atoms with E-state index in [0.29, 0.717) is 42.4 Å². The monoisotopic (exact) mass is 524 g/mol. The number of esters is 1. The van der Waals surface area contributed by atoms with E-state index in [9.17, 15) is 14.0 Å². The van der Waals surface area contributed by atoms with Crippen LogP contribution in [0.3, 0.4) is 0 Å². The second kappa shape index (κ2) is 11.4. The summed E-state index contributed by atoms with van der Waals surface area (Å²) in [6.45, 7) is 1.06. The quantitative estimate of drug-likeness (QED) is 0.276. The number of anilines is 3. The third-order valence-corrected chi connectivity index (χ3v) is 6.90. The Morgan fingerprint density at radius 3 is 2.23 bits per heavy atom. The summed E-state index contributed by atoms with van der Waals surface area (Å²) in [6.07, 6.45) is 0.708. The summed E-state index contributed by atoms with van der Waals surface area (Å²) in [4.78, 5) is 30.5. The number of carbonyl (C=O) groups excluding carboxylic acids is 2. The van der Waals surface area contributed by atoms with E-state index < -0.39 is 11.9 Å². The summed E-state index contributed by atoms with van der Waals surface area (Å²) in [7, 11) is 2.97. The molecular formula is C32H29FN2O4. The van der Waals surface area contributed by atoms with Gasteiger partial charge in [0.1, 0.15) is 11.6 Å². The second-order valence-corrected chi connectivity index (χ2v) is 9.31. The zero-order chi connectivity index (χ0) is 27.4. The van der Waals surface area contributed by atoms with Gasteiger partial charge >= 0.3 is 5.97 Å². The number of halogens is 1. The van der Waals surface area contributed by atoms with Gasteiger partial charge in [-0.25, -0.2) is 9.18 Å². The summed E-state index contributed by atoms with van der Waals surface area (Å²) in [6, 6.07) is 28.8. The molecule has 0 atom stereocenters. The van der Waals surface area contributed by atoms with Crippen molar-refractivity contribution in [3.8, 4) is 5.75 Å². The van der Waals surface area contributed by atoms with Crippen LogP contribution in [0.2, 0.25) is 0 Å². The van der Waals surface area contributed by atoms with Crippen LogP contribution in [0.4, 0.5) is 21.5 Å². The first kappa shape index (κ1) is 26.0. The van der Waals surface area contributed by atoms with Crippen LogP contribution in [0.25, 0.3) is 0 Å². The Labute approximate surface area is 227 Å². The van der Waals surface area contributed by atoms with Crippen molar-refractivity contribution in [1.29, 1.82) is 0 Å². The number of benzene rings is 4.